The number of piperidine rings is 1. The van der Waals surface area contributed by atoms with Crippen LogP contribution in [0.4, 0.5) is 13.2 Å². The third kappa shape index (κ3) is 5.63. The molecule has 1 amide bonds. The molecular formula is C28H29F3N6O3. The van der Waals surface area contributed by atoms with Crippen LogP contribution in [0.15, 0.2) is 72.0 Å². The molecule has 1 aliphatic rings. The molecule has 210 valence electrons. The number of aromatic nitrogens is 4. The molecule has 3 heterocycles. The van der Waals surface area contributed by atoms with Gasteiger partial charge in [0, 0.05) is 31.7 Å². The van der Waals surface area contributed by atoms with Crippen LogP contribution in [-0.2, 0) is 17.9 Å². The number of carbonyl (C=O) groups is 1. The number of aliphatic hydroxyl groups is 1. The predicted molar refractivity (Wildman–Crippen MR) is 142 cm³/mol. The Kier molecular flexibility index (Phi) is 7.47. The summed E-state index contributed by atoms with van der Waals surface area (Å²) in [5.41, 5.74) is 6.16. The highest BCUT2D eigenvalue weighted by atomic mass is 19.4. The Balaban J connectivity index is 1.26. The Morgan fingerprint density at radius 2 is 1.70 bits per heavy atom. The second kappa shape index (κ2) is 10.9. The second-order valence-corrected chi connectivity index (χ2v) is 10.1. The lowest BCUT2D eigenvalue weighted by molar-refractivity contribution is -0.162. The van der Waals surface area contributed by atoms with E-state index in [1.807, 2.05) is 24.3 Å². The third-order valence-corrected chi connectivity index (χ3v) is 7.46. The van der Waals surface area contributed by atoms with Crippen LogP contribution in [0.1, 0.15) is 36.3 Å². The fourth-order valence-electron chi connectivity index (χ4n) is 5.08. The van der Waals surface area contributed by atoms with E-state index in [0.29, 0.717) is 12.2 Å². The maximum absolute atomic E-state index is 13.7. The Hall–Kier alpha value is -4.03. The SMILES string of the molecule is NCc1ccc(-n2cnc3c(=O)n(CC4(O)CCN(C(=O)C[C@H](c5ccccc5)C(F)(F)F)CC4)cnc32)cc1. The van der Waals surface area contributed by atoms with Crippen LogP contribution in [0.5, 0.6) is 0 Å². The van der Waals surface area contributed by atoms with Crippen molar-refractivity contribution >= 4 is 17.1 Å². The van der Waals surface area contributed by atoms with Gasteiger partial charge >= 0.3 is 6.18 Å². The Morgan fingerprint density at radius 1 is 1.02 bits per heavy atom. The van der Waals surface area contributed by atoms with E-state index >= 15 is 0 Å². The van der Waals surface area contributed by atoms with Gasteiger partial charge in [-0.25, -0.2) is 9.97 Å². The number of fused-ring (bicyclic) bond motifs is 1. The predicted octanol–water partition coefficient (Wildman–Crippen LogP) is 3.13. The van der Waals surface area contributed by atoms with E-state index in [0.717, 1.165) is 11.3 Å². The normalized spacial score (nSPS) is 16.3. The van der Waals surface area contributed by atoms with Gasteiger partial charge < -0.3 is 15.7 Å². The van der Waals surface area contributed by atoms with Gasteiger partial charge in [-0.3, -0.25) is 18.7 Å². The summed E-state index contributed by atoms with van der Waals surface area (Å²) < 4.78 is 44.1. The van der Waals surface area contributed by atoms with Crippen LogP contribution in [-0.4, -0.2) is 59.9 Å². The largest absolute Gasteiger partial charge is 0.396 e. The number of hydrogen-bond donors (Lipinski definition) is 2. The summed E-state index contributed by atoms with van der Waals surface area (Å²) in [4.78, 5) is 36.0. The van der Waals surface area contributed by atoms with E-state index < -0.39 is 35.6 Å². The van der Waals surface area contributed by atoms with Gasteiger partial charge in [0.1, 0.15) is 12.7 Å². The molecule has 0 aliphatic carbocycles. The first-order valence-electron chi connectivity index (χ1n) is 12.9. The molecule has 9 nitrogen and oxygen atoms in total. The van der Waals surface area contributed by atoms with Gasteiger partial charge in [-0.2, -0.15) is 13.2 Å². The third-order valence-electron chi connectivity index (χ3n) is 7.46. The zero-order chi connectivity index (χ0) is 28.5. The first kappa shape index (κ1) is 27.5. The first-order chi connectivity index (χ1) is 19.1. The van der Waals surface area contributed by atoms with Crippen LogP contribution >= 0.6 is 0 Å². The molecule has 5 rings (SSSR count). The van der Waals surface area contributed by atoms with Gasteiger partial charge in [0.05, 0.1) is 18.1 Å². The molecule has 3 N–H and O–H groups in total. The Morgan fingerprint density at radius 3 is 2.33 bits per heavy atom. The van der Waals surface area contributed by atoms with Crippen molar-refractivity contribution in [3.05, 3.63) is 88.7 Å². The average molecular weight is 555 g/mol. The molecule has 0 bridgehead atoms. The summed E-state index contributed by atoms with van der Waals surface area (Å²) in [5.74, 6) is -2.53. The molecule has 2 aromatic heterocycles. The minimum absolute atomic E-state index is 0.0362. The Labute approximate surface area is 227 Å². The van der Waals surface area contributed by atoms with Crippen LogP contribution < -0.4 is 11.3 Å². The summed E-state index contributed by atoms with van der Waals surface area (Å²) in [6, 6.07) is 14.8. The van der Waals surface area contributed by atoms with Crippen LogP contribution in [0, 0.1) is 0 Å². The van der Waals surface area contributed by atoms with E-state index in [2.05, 4.69) is 9.97 Å². The second-order valence-electron chi connectivity index (χ2n) is 10.1. The topological polar surface area (TPSA) is 119 Å². The highest BCUT2D eigenvalue weighted by Crippen LogP contribution is 2.38. The van der Waals surface area contributed by atoms with Crippen molar-refractivity contribution < 1.29 is 23.1 Å². The van der Waals surface area contributed by atoms with Crippen molar-refractivity contribution in [3.8, 4) is 5.69 Å². The molecule has 1 aliphatic heterocycles. The molecule has 1 saturated heterocycles. The maximum Gasteiger partial charge on any atom is 0.396 e. The average Bonchev–Trinajstić information content (AvgIpc) is 3.38. The van der Waals surface area contributed by atoms with Crippen molar-refractivity contribution in [1.29, 1.82) is 0 Å². The number of halogens is 3. The van der Waals surface area contributed by atoms with Gasteiger partial charge in [-0.1, -0.05) is 42.5 Å². The summed E-state index contributed by atoms with van der Waals surface area (Å²) in [7, 11) is 0. The molecule has 40 heavy (non-hydrogen) atoms. The monoisotopic (exact) mass is 554 g/mol. The number of hydrogen-bond acceptors (Lipinski definition) is 6. The van der Waals surface area contributed by atoms with Gasteiger partial charge in [-0.15, -0.1) is 0 Å². The standard InChI is InChI=1S/C28H29F3N6O3/c29-28(30,31)22(20-4-2-1-3-5-20)14-23(38)35-12-10-27(40,11-13-35)16-36-17-34-25-24(26(36)39)33-18-37(25)21-8-6-19(15-32)7-9-21/h1-9,17-18,22,40H,10-16,32H2/t22-/m1/s1. The number of likely N-dealkylation sites (tertiary alicyclic amines) is 1. The number of nitrogens with zero attached hydrogens (tertiary/aromatic N) is 5. The van der Waals surface area contributed by atoms with Gasteiger partial charge in [0.2, 0.25) is 5.91 Å². The molecule has 0 saturated carbocycles. The molecule has 0 unspecified atom stereocenters. The van der Waals surface area contributed by atoms with Gasteiger partial charge in [0.15, 0.2) is 11.2 Å². The van der Waals surface area contributed by atoms with Crippen molar-refractivity contribution in [3.63, 3.8) is 0 Å². The van der Waals surface area contributed by atoms with Crippen LogP contribution in [0.2, 0.25) is 0 Å². The van der Waals surface area contributed by atoms with Crippen molar-refractivity contribution in [2.45, 2.75) is 50.0 Å². The summed E-state index contributed by atoms with van der Waals surface area (Å²) in [5, 5.41) is 11.2. The number of amides is 1. The van der Waals surface area contributed by atoms with E-state index in [-0.39, 0.29) is 43.6 Å². The first-order valence-corrected chi connectivity index (χ1v) is 12.9. The van der Waals surface area contributed by atoms with Crippen molar-refractivity contribution in [2.24, 2.45) is 5.73 Å². The zero-order valence-electron chi connectivity index (χ0n) is 21.6. The van der Waals surface area contributed by atoms with Crippen LogP contribution in [0.3, 0.4) is 0 Å². The fourth-order valence-corrected chi connectivity index (χ4v) is 5.08. The van der Waals surface area contributed by atoms with Crippen molar-refractivity contribution in [2.75, 3.05) is 13.1 Å². The van der Waals surface area contributed by atoms with E-state index in [9.17, 15) is 27.9 Å². The number of imidazole rings is 1. The quantitative estimate of drug-likeness (QED) is 0.362. The molecule has 4 aromatic rings. The smallest absolute Gasteiger partial charge is 0.388 e. The number of carbonyl (C=O) groups excluding carboxylic acids is 1. The lowest BCUT2D eigenvalue weighted by atomic mass is 9.90. The highest BCUT2D eigenvalue weighted by Gasteiger charge is 2.43. The van der Waals surface area contributed by atoms with E-state index in [4.69, 9.17) is 5.73 Å². The summed E-state index contributed by atoms with van der Waals surface area (Å²) in [6.07, 6.45) is -2.21. The number of nitrogens with two attached hydrogens (primary N) is 1. The maximum atomic E-state index is 13.7. The number of benzene rings is 2. The molecule has 12 heteroatoms. The minimum Gasteiger partial charge on any atom is -0.388 e. The number of rotatable bonds is 7. The van der Waals surface area contributed by atoms with E-state index in [1.54, 1.807) is 10.6 Å². The molecule has 1 atom stereocenters. The van der Waals surface area contributed by atoms with Crippen molar-refractivity contribution in [1.82, 2.24) is 24.0 Å². The van der Waals surface area contributed by atoms with Gasteiger partial charge in [-0.05, 0) is 36.1 Å². The Bertz CT molecular complexity index is 1540. The zero-order valence-corrected chi connectivity index (χ0v) is 21.6. The fraction of sp³-hybridized carbons (Fsp3) is 0.357. The molecular weight excluding hydrogens is 525 g/mol. The van der Waals surface area contributed by atoms with Crippen LogP contribution in [0.25, 0.3) is 16.9 Å². The minimum atomic E-state index is -4.57. The molecule has 2 aromatic carbocycles. The lowest BCUT2D eigenvalue weighted by Gasteiger charge is -2.39. The number of alkyl halides is 3. The summed E-state index contributed by atoms with van der Waals surface area (Å²) >= 11 is 0. The highest BCUT2D eigenvalue weighted by molar-refractivity contribution is 5.77. The molecule has 0 spiro atoms. The van der Waals surface area contributed by atoms with Gasteiger partial charge in [0.25, 0.3) is 5.56 Å². The molecule has 1 fully saturated rings. The van der Waals surface area contributed by atoms with E-state index in [1.165, 1.54) is 46.4 Å². The summed E-state index contributed by atoms with van der Waals surface area (Å²) in [6.45, 7) is 0.480. The lowest BCUT2D eigenvalue weighted by Crippen LogP contribution is -2.50. The molecule has 0 radical (unpaired) electrons.